The fourth-order valence-electron chi connectivity index (χ4n) is 4.90. The van der Waals surface area contributed by atoms with Gasteiger partial charge in [-0.15, -0.1) is 0 Å². The highest BCUT2D eigenvalue weighted by Gasteiger charge is 2.57. The lowest BCUT2D eigenvalue weighted by Crippen LogP contribution is -2.62. The van der Waals surface area contributed by atoms with E-state index in [2.05, 4.69) is 24.3 Å². The molecule has 1 fully saturated rings. The van der Waals surface area contributed by atoms with Crippen LogP contribution in [0.4, 0.5) is 4.79 Å². The van der Waals surface area contributed by atoms with Crippen LogP contribution in [-0.2, 0) is 14.3 Å². The van der Waals surface area contributed by atoms with Crippen molar-refractivity contribution >= 4 is 12.1 Å². The minimum absolute atomic E-state index is 0.0444. The number of rotatable bonds is 9. The van der Waals surface area contributed by atoms with Gasteiger partial charge in [-0.25, -0.2) is 9.59 Å². The van der Waals surface area contributed by atoms with Crippen LogP contribution in [0.3, 0.4) is 0 Å². The zero-order valence-electron chi connectivity index (χ0n) is 18.0. The number of methoxy groups -OCH3 is 1. The van der Waals surface area contributed by atoms with E-state index in [1.165, 1.54) is 12.0 Å². The molecule has 2 aliphatic carbocycles. The highest BCUT2D eigenvalue weighted by atomic mass is 16.6. The molecular formula is C25H29NO5. The number of amides is 1. The molecule has 0 spiro atoms. The summed E-state index contributed by atoms with van der Waals surface area (Å²) in [6, 6.07) is 16.3. The van der Waals surface area contributed by atoms with Gasteiger partial charge in [-0.05, 0) is 47.4 Å². The number of hydrogen-bond acceptors (Lipinski definition) is 4. The standard InChI is InChI=1S/C25H29NO5/c1-3-14-26(25(16-30-2,23(27)28)17-12-13-17)24(29)31-15-22-20-10-6-4-8-18(20)19-9-5-7-11-21(19)22/h4-11,17,22H,3,12-16H2,1-2H3,(H,27,28). The number of carbonyl (C=O) groups is 2. The number of benzene rings is 2. The summed E-state index contributed by atoms with van der Waals surface area (Å²) in [5.74, 6) is -1.21. The summed E-state index contributed by atoms with van der Waals surface area (Å²) in [4.78, 5) is 27.0. The van der Waals surface area contributed by atoms with E-state index in [9.17, 15) is 14.7 Å². The second-order valence-corrected chi connectivity index (χ2v) is 8.39. The van der Waals surface area contributed by atoms with E-state index in [1.807, 2.05) is 31.2 Å². The molecule has 0 heterocycles. The normalized spacial score (nSPS) is 16.8. The molecule has 6 nitrogen and oxygen atoms in total. The van der Waals surface area contributed by atoms with Crippen LogP contribution in [-0.4, -0.2) is 54.5 Å². The summed E-state index contributed by atoms with van der Waals surface area (Å²) in [6.45, 7) is 2.36. The van der Waals surface area contributed by atoms with E-state index in [-0.39, 0.29) is 25.0 Å². The second kappa shape index (κ2) is 8.71. The Morgan fingerprint density at radius 2 is 1.65 bits per heavy atom. The van der Waals surface area contributed by atoms with Crippen molar-refractivity contribution in [2.24, 2.45) is 5.92 Å². The number of hydrogen-bond donors (Lipinski definition) is 1. The third kappa shape index (κ3) is 3.69. The molecule has 0 saturated heterocycles. The number of fused-ring (bicyclic) bond motifs is 3. The van der Waals surface area contributed by atoms with Gasteiger partial charge in [0.2, 0.25) is 0 Å². The zero-order chi connectivity index (χ0) is 22.0. The van der Waals surface area contributed by atoms with Gasteiger partial charge in [0.25, 0.3) is 0 Å². The van der Waals surface area contributed by atoms with E-state index in [4.69, 9.17) is 9.47 Å². The maximum atomic E-state index is 13.3. The SMILES string of the molecule is CCCN(C(=O)OCC1c2ccccc2-c2ccccc21)C(COC)(C(=O)O)C1CC1. The lowest BCUT2D eigenvalue weighted by Gasteiger charge is -2.39. The van der Waals surface area contributed by atoms with Crippen LogP contribution in [0.15, 0.2) is 48.5 Å². The van der Waals surface area contributed by atoms with Crippen LogP contribution in [0.2, 0.25) is 0 Å². The number of carbonyl (C=O) groups excluding carboxylic acids is 1. The third-order valence-electron chi connectivity index (χ3n) is 6.47. The van der Waals surface area contributed by atoms with Gasteiger partial charge in [-0.2, -0.15) is 0 Å². The largest absolute Gasteiger partial charge is 0.479 e. The Morgan fingerprint density at radius 1 is 1.06 bits per heavy atom. The molecule has 0 radical (unpaired) electrons. The zero-order valence-corrected chi connectivity index (χ0v) is 18.0. The van der Waals surface area contributed by atoms with Gasteiger partial charge in [0.15, 0.2) is 5.54 Å². The fourth-order valence-corrected chi connectivity index (χ4v) is 4.90. The highest BCUT2D eigenvalue weighted by molar-refractivity contribution is 5.86. The van der Waals surface area contributed by atoms with Crippen molar-refractivity contribution in [3.63, 3.8) is 0 Å². The number of aliphatic carboxylic acids is 1. The lowest BCUT2D eigenvalue weighted by atomic mass is 9.91. The van der Waals surface area contributed by atoms with Gasteiger partial charge in [-0.3, -0.25) is 4.90 Å². The van der Waals surface area contributed by atoms with E-state index in [1.54, 1.807) is 0 Å². The number of nitrogens with zero attached hydrogens (tertiary/aromatic N) is 1. The molecule has 1 atom stereocenters. The van der Waals surface area contributed by atoms with Crippen LogP contribution in [0.25, 0.3) is 11.1 Å². The predicted molar refractivity (Wildman–Crippen MR) is 117 cm³/mol. The summed E-state index contributed by atoms with van der Waals surface area (Å²) < 4.78 is 11.1. The van der Waals surface area contributed by atoms with Crippen LogP contribution in [0.5, 0.6) is 0 Å². The Labute approximate surface area is 182 Å². The minimum atomic E-state index is -1.38. The molecule has 2 aliphatic rings. The molecule has 1 amide bonds. The monoisotopic (exact) mass is 423 g/mol. The van der Waals surface area contributed by atoms with Crippen LogP contribution in [0.1, 0.15) is 43.2 Å². The first kappa shape index (κ1) is 21.4. The molecular weight excluding hydrogens is 394 g/mol. The molecule has 0 bridgehead atoms. The Kier molecular flexibility index (Phi) is 6.01. The molecule has 1 N–H and O–H groups in total. The van der Waals surface area contributed by atoms with Crippen molar-refractivity contribution in [2.45, 2.75) is 37.6 Å². The van der Waals surface area contributed by atoms with Gasteiger partial charge in [0.05, 0.1) is 6.61 Å². The summed E-state index contributed by atoms with van der Waals surface area (Å²) in [5, 5.41) is 10.1. The summed E-state index contributed by atoms with van der Waals surface area (Å²) >= 11 is 0. The third-order valence-corrected chi connectivity index (χ3v) is 6.47. The van der Waals surface area contributed by atoms with Crippen LogP contribution < -0.4 is 0 Å². The maximum absolute atomic E-state index is 13.3. The van der Waals surface area contributed by atoms with Crippen LogP contribution >= 0.6 is 0 Å². The molecule has 2 aromatic rings. The van der Waals surface area contributed by atoms with Gasteiger partial charge in [0.1, 0.15) is 6.61 Å². The van der Waals surface area contributed by atoms with E-state index < -0.39 is 17.6 Å². The van der Waals surface area contributed by atoms with Gasteiger partial charge in [0, 0.05) is 19.6 Å². The van der Waals surface area contributed by atoms with Gasteiger partial charge in [-0.1, -0.05) is 55.5 Å². The number of ether oxygens (including phenoxy) is 2. The van der Waals surface area contributed by atoms with Gasteiger partial charge < -0.3 is 14.6 Å². The van der Waals surface area contributed by atoms with Crippen molar-refractivity contribution in [1.29, 1.82) is 0 Å². The number of carboxylic acids is 1. The second-order valence-electron chi connectivity index (χ2n) is 8.39. The molecule has 4 rings (SSSR count). The fraction of sp³-hybridized carbons (Fsp3) is 0.440. The molecule has 2 aromatic carbocycles. The van der Waals surface area contributed by atoms with Crippen LogP contribution in [0, 0.1) is 5.92 Å². The van der Waals surface area contributed by atoms with E-state index in [0.29, 0.717) is 13.0 Å². The smallest absolute Gasteiger partial charge is 0.410 e. The van der Waals surface area contributed by atoms with E-state index in [0.717, 1.165) is 35.1 Å². The maximum Gasteiger partial charge on any atom is 0.410 e. The molecule has 6 heteroatoms. The van der Waals surface area contributed by atoms with Crippen molar-refractivity contribution in [3.8, 4) is 11.1 Å². The van der Waals surface area contributed by atoms with Crippen molar-refractivity contribution in [3.05, 3.63) is 59.7 Å². The molecule has 164 valence electrons. The van der Waals surface area contributed by atoms with Crippen molar-refractivity contribution in [1.82, 2.24) is 4.90 Å². The summed E-state index contributed by atoms with van der Waals surface area (Å²) in [7, 11) is 1.47. The average Bonchev–Trinajstić information content (AvgIpc) is 3.58. The number of carboxylic acid groups (broad SMARTS) is 1. The molecule has 1 unspecified atom stereocenters. The van der Waals surface area contributed by atoms with Crippen molar-refractivity contribution in [2.75, 3.05) is 26.9 Å². The quantitative estimate of drug-likeness (QED) is 0.641. The average molecular weight is 424 g/mol. The molecule has 31 heavy (non-hydrogen) atoms. The highest BCUT2D eigenvalue weighted by Crippen LogP contribution is 2.46. The lowest BCUT2D eigenvalue weighted by molar-refractivity contribution is -0.156. The molecule has 0 aliphatic heterocycles. The Bertz CT molecular complexity index is 924. The first-order chi connectivity index (χ1) is 15.0. The Balaban J connectivity index is 1.59. The summed E-state index contributed by atoms with van der Waals surface area (Å²) in [6.07, 6.45) is 1.59. The minimum Gasteiger partial charge on any atom is -0.479 e. The first-order valence-corrected chi connectivity index (χ1v) is 10.9. The molecule has 0 aromatic heterocycles. The Morgan fingerprint density at radius 3 is 2.13 bits per heavy atom. The topological polar surface area (TPSA) is 76.1 Å². The van der Waals surface area contributed by atoms with E-state index >= 15 is 0 Å². The predicted octanol–water partition coefficient (Wildman–Crippen LogP) is 4.53. The molecule has 1 saturated carbocycles. The van der Waals surface area contributed by atoms with Gasteiger partial charge >= 0.3 is 12.1 Å². The summed E-state index contributed by atoms with van der Waals surface area (Å²) in [5.41, 5.74) is 3.18. The van der Waals surface area contributed by atoms with Crippen molar-refractivity contribution < 1.29 is 24.2 Å². The first-order valence-electron chi connectivity index (χ1n) is 10.9. The Hall–Kier alpha value is -2.86.